The number of hydrogen-bond acceptors (Lipinski definition) is 4. The van der Waals surface area contributed by atoms with Crippen LogP contribution in [-0.2, 0) is 22.6 Å². The maximum absolute atomic E-state index is 13.1. The summed E-state index contributed by atoms with van der Waals surface area (Å²) < 4.78 is 5.38. The lowest BCUT2D eigenvalue weighted by Crippen LogP contribution is -2.30. The zero-order valence-corrected chi connectivity index (χ0v) is 16.9. The topological polar surface area (TPSA) is 70.8 Å². The van der Waals surface area contributed by atoms with Gasteiger partial charge in [0.2, 0.25) is 0 Å². The molecule has 0 aliphatic carbocycles. The molecule has 1 N–H and O–H groups in total. The van der Waals surface area contributed by atoms with Gasteiger partial charge in [-0.3, -0.25) is 9.59 Å². The molecular weight excluding hydrogens is 402 g/mol. The van der Waals surface area contributed by atoms with Gasteiger partial charge in [-0.1, -0.05) is 54.1 Å². The molecule has 1 unspecified atom stereocenters. The normalized spacial score (nSPS) is 16.4. The number of aliphatic hydroxyl groups excluding tert-OH is 1. The van der Waals surface area contributed by atoms with Crippen molar-refractivity contribution < 1.29 is 19.1 Å². The van der Waals surface area contributed by atoms with Gasteiger partial charge in [0, 0.05) is 11.4 Å². The first-order valence-electron chi connectivity index (χ1n) is 9.63. The van der Waals surface area contributed by atoms with Crippen LogP contribution in [0.3, 0.4) is 0 Å². The average Bonchev–Trinajstić information content (AvgIpc) is 3.36. The Morgan fingerprint density at radius 1 is 1.03 bits per heavy atom. The molecule has 0 saturated carbocycles. The van der Waals surface area contributed by atoms with Gasteiger partial charge in [-0.05, 0) is 41.8 Å². The minimum Gasteiger partial charge on any atom is -0.503 e. The Morgan fingerprint density at radius 3 is 2.43 bits per heavy atom. The Labute approximate surface area is 179 Å². The number of furan rings is 1. The number of halogens is 1. The molecule has 6 heteroatoms. The van der Waals surface area contributed by atoms with Gasteiger partial charge in [0.25, 0.3) is 5.91 Å². The van der Waals surface area contributed by atoms with E-state index in [1.165, 1.54) is 11.2 Å². The first kappa shape index (κ1) is 20.0. The SMILES string of the molecule is O=C(CCc1ccccc1)C1=C(O)C(=O)N(Cc2ccco2)C1c1ccc(Cl)cc1. The number of benzene rings is 2. The van der Waals surface area contributed by atoms with Crippen LogP contribution in [0.2, 0.25) is 5.02 Å². The van der Waals surface area contributed by atoms with Crippen molar-refractivity contribution in [1.82, 2.24) is 4.90 Å². The molecule has 0 fully saturated rings. The van der Waals surface area contributed by atoms with E-state index in [1.807, 2.05) is 30.3 Å². The Balaban J connectivity index is 1.65. The first-order chi connectivity index (χ1) is 14.5. The summed E-state index contributed by atoms with van der Waals surface area (Å²) in [6.45, 7) is 0.138. The lowest BCUT2D eigenvalue weighted by Gasteiger charge is -2.26. The van der Waals surface area contributed by atoms with Crippen molar-refractivity contribution in [2.75, 3.05) is 0 Å². The molecule has 0 radical (unpaired) electrons. The van der Waals surface area contributed by atoms with Gasteiger partial charge in [-0.25, -0.2) is 0 Å². The number of nitrogens with zero attached hydrogens (tertiary/aromatic N) is 1. The maximum Gasteiger partial charge on any atom is 0.290 e. The minimum absolute atomic E-state index is 0.116. The molecule has 1 atom stereocenters. The van der Waals surface area contributed by atoms with E-state index in [0.717, 1.165) is 5.56 Å². The Bertz CT molecular complexity index is 1070. The summed E-state index contributed by atoms with van der Waals surface area (Å²) in [5.41, 5.74) is 1.84. The van der Waals surface area contributed by atoms with E-state index in [1.54, 1.807) is 36.4 Å². The number of amides is 1. The molecule has 0 saturated heterocycles. The van der Waals surface area contributed by atoms with Crippen molar-refractivity contribution in [3.8, 4) is 0 Å². The number of rotatable bonds is 7. The number of carbonyl (C=O) groups excluding carboxylic acids is 2. The van der Waals surface area contributed by atoms with E-state index in [0.29, 0.717) is 22.8 Å². The molecule has 0 spiro atoms. The van der Waals surface area contributed by atoms with Crippen molar-refractivity contribution in [2.24, 2.45) is 0 Å². The largest absolute Gasteiger partial charge is 0.503 e. The molecule has 2 heterocycles. The number of ketones is 1. The van der Waals surface area contributed by atoms with Gasteiger partial charge < -0.3 is 14.4 Å². The summed E-state index contributed by atoms with van der Waals surface area (Å²) in [6.07, 6.45) is 2.23. The highest BCUT2D eigenvalue weighted by atomic mass is 35.5. The van der Waals surface area contributed by atoms with Crippen LogP contribution in [0.25, 0.3) is 0 Å². The monoisotopic (exact) mass is 421 g/mol. The standard InChI is InChI=1S/C24H20ClNO4/c25-18-11-9-17(10-12-18)22-21(20(27)13-8-16-5-2-1-3-6-16)23(28)24(29)26(22)15-19-7-4-14-30-19/h1-7,9-12,14,22,28H,8,13,15H2. The number of Topliss-reactive ketones (excluding diaryl/α,β-unsaturated/α-hetero) is 1. The fraction of sp³-hybridized carbons (Fsp3) is 0.167. The van der Waals surface area contributed by atoms with Crippen molar-refractivity contribution in [3.05, 3.63) is 106 Å². The zero-order valence-electron chi connectivity index (χ0n) is 16.1. The van der Waals surface area contributed by atoms with Crippen LogP contribution in [-0.4, -0.2) is 21.7 Å². The van der Waals surface area contributed by atoms with Crippen LogP contribution in [0.4, 0.5) is 0 Å². The molecule has 1 aliphatic rings. The highest BCUT2D eigenvalue weighted by Crippen LogP contribution is 2.39. The maximum atomic E-state index is 13.1. The van der Waals surface area contributed by atoms with E-state index in [9.17, 15) is 14.7 Å². The third kappa shape index (κ3) is 4.02. The predicted molar refractivity (Wildman–Crippen MR) is 113 cm³/mol. The van der Waals surface area contributed by atoms with Crippen LogP contribution < -0.4 is 0 Å². The van der Waals surface area contributed by atoms with Crippen LogP contribution in [0.5, 0.6) is 0 Å². The van der Waals surface area contributed by atoms with Gasteiger partial charge in [-0.2, -0.15) is 0 Å². The second-order valence-electron chi connectivity index (χ2n) is 7.14. The number of carbonyl (C=O) groups is 2. The van der Waals surface area contributed by atoms with Gasteiger partial charge in [0.1, 0.15) is 5.76 Å². The summed E-state index contributed by atoms with van der Waals surface area (Å²) >= 11 is 6.02. The van der Waals surface area contributed by atoms with E-state index in [4.69, 9.17) is 16.0 Å². The van der Waals surface area contributed by atoms with Crippen molar-refractivity contribution in [2.45, 2.75) is 25.4 Å². The average molecular weight is 422 g/mol. The molecule has 0 bridgehead atoms. The van der Waals surface area contributed by atoms with E-state index in [-0.39, 0.29) is 24.3 Å². The van der Waals surface area contributed by atoms with Crippen LogP contribution in [0.1, 0.15) is 29.3 Å². The number of aliphatic hydroxyl groups is 1. The summed E-state index contributed by atoms with van der Waals surface area (Å²) in [4.78, 5) is 27.4. The number of aryl methyl sites for hydroxylation is 1. The van der Waals surface area contributed by atoms with Gasteiger partial charge in [0.05, 0.1) is 24.4 Å². The van der Waals surface area contributed by atoms with E-state index in [2.05, 4.69) is 0 Å². The lowest BCUT2D eigenvalue weighted by molar-refractivity contribution is -0.130. The number of hydrogen-bond donors (Lipinski definition) is 1. The first-order valence-corrected chi connectivity index (χ1v) is 10.0. The van der Waals surface area contributed by atoms with Gasteiger partial charge in [0.15, 0.2) is 11.5 Å². The van der Waals surface area contributed by atoms with Gasteiger partial charge in [-0.15, -0.1) is 0 Å². The second kappa shape index (κ2) is 8.59. The van der Waals surface area contributed by atoms with E-state index < -0.39 is 17.7 Å². The smallest absolute Gasteiger partial charge is 0.290 e. The lowest BCUT2D eigenvalue weighted by atomic mass is 9.93. The van der Waals surface area contributed by atoms with Crippen LogP contribution in [0, 0.1) is 0 Å². The molecule has 5 nitrogen and oxygen atoms in total. The third-order valence-corrected chi connectivity index (χ3v) is 5.43. The van der Waals surface area contributed by atoms with Gasteiger partial charge >= 0.3 is 0 Å². The fourth-order valence-electron chi connectivity index (χ4n) is 3.70. The highest BCUT2D eigenvalue weighted by Gasteiger charge is 2.43. The van der Waals surface area contributed by atoms with Crippen molar-refractivity contribution >= 4 is 23.3 Å². The van der Waals surface area contributed by atoms with Crippen molar-refractivity contribution in [3.63, 3.8) is 0 Å². The van der Waals surface area contributed by atoms with Crippen molar-refractivity contribution in [1.29, 1.82) is 0 Å². The Hall–Kier alpha value is -3.31. The minimum atomic E-state index is -0.705. The third-order valence-electron chi connectivity index (χ3n) is 5.18. The molecule has 1 aliphatic heterocycles. The highest BCUT2D eigenvalue weighted by molar-refractivity contribution is 6.30. The van der Waals surface area contributed by atoms with E-state index >= 15 is 0 Å². The van der Waals surface area contributed by atoms with Crippen LogP contribution >= 0.6 is 11.6 Å². The van der Waals surface area contributed by atoms with Crippen LogP contribution in [0.15, 0.2) is 88.7 Å². The predicted octanol–water partition coefficient (Wildman–Crippen LogP) is 5.03. The summed E-state index contributed by atoms with van der Waals surface area (Å²) in [7, 11) is 0. The Kier molecular flexibility index (Phi) is 5.72. The Morgan fingerprint density at radius 2 is 1.77 bits per heavy atom. The molecule has 3 aromatic rings. The second-order valence-corrected chi connectivity index (χ2v) is 7.57. The summed E-state index contributed by atoms with van der Waals surface area (Å²) in [6, 6.07) is 19.3. The zero-order chi connectivity index (χ0) is 21.1. The quantitative estimate of drug-likeness (QED) is 0.580. The molecule has 2 aromatic carbocycles. The molecule has 30 heavy (non-hydrogen) atoms. The molecule has 1 aromatic heterocycles. The molecule has 1 amide bonds. The molecule has 152 valence electrons. The summed E-state index contributed by atoms with van der Waals surface area (Å²) in [5.74, 6) is -0.784. The molecular formula is C24H20ClNO4. The molecule has 4 rings (SSSR count). The fourth-order valence-corrected chi connectivity index (χ4v) is 3.83. The summed E-state index contributed by atoms with van der Waals surface area (Å²) in [5, 5.41) is 11.2.